The van der Waals surface area contributed by atoms with E-state index in [4.69, 9.17) is 0 Å². The molecule has 1 fully saturated rings. The lowest BCUT2D eigenvalue weighted by Crippen LogP contribution is -2.34. The van der Waals surface area contributed by atoms with Gasteiger partial charge in [-0.2, -0.15) is 0 Å². The van der Waals surface area contributed by atoms with Gasteiger partial charge >= 0.3 is 0 Å². The fourth-order valence-electron chi connectivity index (χ4n) is 2.53. The van der Waals surface area contributed by atoms with Crippen LogP contribution in [0, 0.1) is 5.82 Å². The van der Waals surface area contributed by atoms with Crippen molar-refractivity contribution in [3.63, 3.8) is 0 Å². The minimum atomic E-state index is -3.00. The summed E-state index contributed by atoms with van der Waals surface area (Å²) < 4.78 is 35.7. The molecule has 1 amide bonds. The number of rotatable bonds is 4. The molecule has 1 saturated heterocycles. The minimum absolute atomic E-state index is 0.0142. The summed E-state index contributed by atoms with van der Waals surface area (Å²) in [5, 5.41) is 2.71. The molecule has 0 aliphatic carbocycles. The summed E-state index contributed by atoms with van der Waals surface area (Å²) in [6.45, 7) is 0. The maximum Gasteiger partial charge on any atom is 0.244 e. The van der Waals surface area contributed by atoms with E-state index in [1.54, 1.807) is 18.2 Å². The molecule has 1 atom stereocenters. The van der Waals surface area contributed by atoms with E-state index < -0.39 is 9.84 Å². The van der Waals surface area contributed by atoms with E-state index in [9.17, 15) is 17.6 Å². The van der Waals surface area contributed by atoms with Crippen LogP contribution < -0.4 is 5.32 Å². The molecular formula is C17H16FNO3S2. The predicted molar refractivity (Wildman–Crippen MR) is 93.9 cm³/mol. The largest absolute Gasteiger partial charge is 0.349 e. The van der Waals surface area contributed by atoms with Crippen LogP contribution in [0.4, 0.5) is 4.39 Å². The first-order valence-corrected chi connectivity index (χ1v) is 10.1. The molecule has 1 aliphatic rings. The van der Waals surface area contributed by atoms with Crippen LogP contribution in [0.3, 0.4) is 0 Å². The predicted octanol–water partition coefficient (Wildman–Crippen LogP) is 2.87. The molecule has 2 heterocycles. The van der Waals surface area contributed by atoms with Crippen molar-refractivity contribution in [2.75, 3.05) is 11.5 Å². The average molecular weight is 365 g/mol. The number of hydrogen-bond acceptors (Lipinski definition) is 4. The fraction of sp³-hybridized carbons (Fsp3) is 0.235. The summed E-state index contributed by atoms with van der Waals surface area (Å²) in [5.74, 6) is -0.427. The van der Waals surface area contributed by atoms with Gasteiger partial charge in [0.25, 0.3) is 0 Å². The normalized spacial score (nSPS) is 19.6. The minimum Gasteiger partial charge on any atom is -0.349 e. The Balaban J connectivity index is 1.61. The number of hydrogen-bond donors (Lipinski definition) is 1. The SMILES string of the molecule is O=C(C=Cc1ccc(-c2ccc(F)cc2)s1)NC1CCS(=O)(=O)C1. The molecule has 4 nitrogen and oxygen atoms in total. The highest BCUT2D eigenvalue weighted by Gasteiger charge is 2.28. The zero-order valence-electron chi connectivity index (χ0n) is 12.7. The van der Waals surface area contributed by atoms with Crippen molar-refractivity contribution in [2.24, 2.45) is 0 Å². The summed E-state index contributed by atoms with van der Waals surface area (Å²) in [5.41, 5.74) is 0.918. The molecule has 0 bridgehead atoms. The van der Waals surface area contributed by atoms with Crippen LogP contribution in [0.2, 0.25) is 0 Å². The van der Waals surface area contributed by atoms with Gasteiger partial charge in [0, 0.05) is 21.9 Å². The maximum atomic E-state index is 12.9. The van der Waals surface area contributed by atoms with Crippen molar-refractivity contribution in [1.82, 2.24) is 5.32 Å². The van der Waals surface area contributed by atoms with Gasteiger partial charge in [-0.1, -0.05) is 12.1 Å². The van der Waals surface area contributed by atoms with Crippen molar-refractivity contribution in [2.45, 2.75) is 12.5 Å². The van der Waals surface area contributed by atoms with Crippen molar-refractivity contribution in [1.29, 1.82) is 0 Å². The highest BCUT2D eigenvalue weighted by atomic mass is 32.2. The first-order valence-electron chi connectivity index (χ1n) is 7.46. The van der Waals surface area contributed by atoms with Crippen molar-refractivity contribution in [3.05, 3.63) is 53.2 Å². The molecule has 0 spiro atoms. The first-order chi connectivity index (χ1) is 11.4. The Kier molecular flexibility index (Phi) is 4.82. The monoisotopic (exact) mass is 365 g/mol. The fourth-order valence-corrected chi connectivity index (χ4v) is 5.12. The summed E-state index contributed by atoms with van der Waals surface area (Å²) in [6, 6.07) is 9.74. The molecule has 1 aliphatic heterocycles. The standard InChI is InChI=1S/C17H16FNO3S2/c18-13-3-1-12(2-4-13)16-7-5-15(23-16)6-8-17(20)19-14-9-10-24(21,22)11-14/h1-8,14H,9-11H2,(H,19,20). The number of thiophene rings is 1. The maximum absolute atomic E-state index is 12.9. The van der Waals surface area contributed by atoms with Crippen LogP contribution in [0.5, 0.6) is 0 Å². The van der Waals surface area contributed by atoms with E-state index >= 15 is 0 Å². The Morgan fingerprint density at radius 2 is 1.96 bits per heavy atom. The molecule has 1 unspecified atom stereocenters. The van der Waals surface area contributed by atoms with E-state index in [0.717, 1.165) is 15.3 Å². The molecular weight excluding hydrogens is 349 g/mol. The Labute approximate surface area is 143 Å². The molecule has 7 heteroatoms. The van der Waals surface area contributed by atoms with Crippen LogP contribution >= 0.6 is 11.3 Å². The first kappa shape index (κ1) is 16.9. The van der Waals surface area contributed by atoms with E-state index in [0.29, 0.717) is 6.42 Å². The second-order valence-corrected chi connectivity index (χ2v) is 8.99. The lowest BCUT2D eigenvalue weighted by molar-refractivity contribution is -0.116. The van der Waals surface area contributed by atoms with Crippen molar-refractivity contribution >= 4 is 33.2 Å². The van der Waals surface area contributed by atoms with Crippen LogP contribution in [0.15, 0.2) is 42.5 Å². The Hall–Kier alpha value is -1.99. The zero-order chi connectivity index (χ0) is 17.2. The van der Waals surface area contributed by atoms with Crippen LogP contribution in [-0.4, -0.2) is 31.9 Å². The molecule has 0 saturated carbocycles. The molecule has 3 rings (SSSR count). The number of amides is 1. The Morgan fingerprint density at radius 1 is 1.21 bits per heavy atom. The van der Waals surface area contributed by atoms with E-state index in [1.807, 2.05) is 12.1 Å². The molecule has 126 valence electrons. The van der Waals surface area contributed by atoms with Crippen LogP contribution in [0.1, 0.15) is 11.3 Å². The van der Waals surface area contributed by atoms with Crippen molar-refractivity contribution in [3.8, 4) is 10.4 Å². The van der Waals surface area contributed by atoms with Gasteiger partial charge in [0.05, 0.1) is 11.5 Å². The summed E-state index contributed by atoms with van der Waals surface area (Å²) in [6.07, 6.45) is 3.57. The lowest BCUT2D eigenvalue weighted by atomic mass is 10.2. The Bertz CT molecular complexity index is 869. The second-order valence-electron chi connectivity index (χ2n) is 5.65. The number of carbonyl (C=O) groups is 1. The average Bonchev–Trinajstić information content (AvgIpc) is 3.12. The molecule has 1 aromatic heterocycles. The third kappa shape index (κ3) is 4.30. The highest BCUT2D eigenvalue weighted by Crippen LogP contribution is 2.28. The number of halogens is 1. The number of carbonyl (C=O) groups excluding carboxylic acids is 1. The van der Waals surface area contributed by atoms with Gasteiger partial charge in [-0.05, 0) is 42.3 Å². The molecule has 2 aromatic rings. The van der Waals surface area contributed by atoms with E-state index in [1.165, 1.54) is 29.5 Å². The number of benzene rings is 1. The smallest absolute Gasteiger partial charge is 0.244 e. The topological polar surface area (TPSA) is 63.2 Å². The molecule has 1 aromatic carbocycles. The van der Waals surface area contributed by atoms with Crippen LogP contribution in [-0.2, 0) is 14.6 Å². The van der Waals surface area contributed by atoms with E-state index in [2.05, 4.69) is 5.32 Å². The molecule has 24 heavy (non-hydrogen) atoms. The van der Waals surface area contributed by atoms with Gasteiger partial charge in [-0.3, -0.25) is 4.79 Å². The summed E-state index contributed by atoms with van der Waals surface area (Å²) in [4.78, 5) is 13.7. The third-order valence-corrected chi connectivity index (χ3v) is 6.60. The van der Waals surface area contributed by atoms with E-state index in [-0.39, 0.29) is 29.3 Å². The summed E-state index contributed by atoms with van der Waals surface area (Å²) in [7, 11) is -3.00. The van der Waals surface area contributed by atoms with Gasteiger partial charge in [-0.25, -0.2) is 12.8 Å². The number of nitrogens with one attached hydrogen (secondary N) is 1. The van der Waals surface area contributed by atoms with Crippen LogP contribution in [0.25, 0.3) is 16.5 Å². The van der Waals surface area contributed by atoms with Gasteiger partial charge in [0.2, 0.25) is 5.91 Å². The molecule has 1 N–H and O–H groups in total. The molecule has 0 radical (unpaired) electrons. The number of sulfone groups is 1. The zero-order valence-corrected chi connectivity index (χ0v) is 14.4. The van der Waals surface area contributed by atoms with Gasteiger partial charge < -0.3 is 5.32 Å². The quantitative estimate of drug-likeness (QED) is 0.848. The van der Waals surface area contributed by atoms with Gasteiger partial charge in [0.1, 0.15) is 5.82 Å². The highest BCUT2D eigenvalue weighted by molar-refractivity contribution is 7.91. The van der Waals surface area contributed by atoms with Crippen molar-refractivity contribution < 1.29 is 17.6 Å². The summed E-state index contributed by atoms with van der Waals surface area (Å²) >= 11 is 1.49. The van der Waals surface area contributed by atoms with Gasteiger partial charge in [0.15, 0.2) is 9.84 Å². The van der Waals surface area contributed by atoms with Gasteiger partial charge in [-0.15, -0.1) is 11.3 Å². The third-order valence-electron chi connectivity index (χ3n) is 3.73. The second kappa shape index (κ2) is 6.86. The Morgan fingerprint density at radius 3 is 2.62 bits per heavy atom. The lowest BCUT2D eigenvalue weighted by Gasteiger charge is -2.07.